The van der Waals surface area contributed by atoms with Crippen LogP contribution in [-0.4, -0.2) is 17.1 Å². The topological polar surface area (TPSA) is 61.0 Å². The van der Waals surface area contributed by atoms with Gasteiger partial charge in [-0.2, -0.15) is 0 Å². The summed E-state index contributed by atoms with van der Waals surface area (Å²) < 4.78 is 5.35. The number of hydrogen-bond acceptors (Lipinski definition) is 4. The predicted octanol–water partition coefficient (Wildman–Crippen LogP) is 2.17. The van der Waals surface area contributed by atoms with Gasteiger partial charge in [0, 0.05) is 24.5 Å². The van der Waals surface area contributed by atoms with Crippen molar-refractivity contribution in [3.05, 3.63) is 41.7 Å². The van der Waals surface area contributed by atoms with E-state index in [0.29, 0.717) is 12.4 Å². The highest BCUT2D eigenvalue weighted by molar-refractivity contribution is 5.65. The van der Waals surface area contributed by atoms with Gasteiger partial charge in [0.15, 0.2) is 5.82 Å². The van der Waals surface area contributed by atoms with Crippen LogP contribution in [0.1, 0.15) is 18.1 Å². The number of nitrogens with two attached hydrogens (primary N) is 1. The highest BCUT2D eigenvalue weighted by atomic mass is 16.5. The second kappa shape index (κ2) is 5.60. The molecule has 18 heavy (non-hydrogen) atoms. The molecule has 0 radical (unpaired) electrons. The minimum atomic E-state index is 0.451. The molecule has 94 valence electrons. The molecule has 0 unspecified atom stereocenters. The van der Waals surface area contributed by atoms with Crippen molar-refractivity contribution in [3.8, 4) is 17.1 Å². The summed E-state index contributed by atoms with van der Waals surface area (Å²) in [7, 11) is 1.65. The largest absolute Gasteiger partial charge is 0.496 e. The van der Waals surface area contributed by atoms with Gasteiger partial charge in [-0.1, -0.05) is 13.0 Å². The Hall–Kier alpha value is -1.94. The first-order chi connectivity index (χ1) is 8.78. The number of aryl methyl sites for hydroxylation is 1. The lowest BCUT2D eigenvalue weighted by molar-refractivity contribution is 0.416. The summed E-state index contributed by atoms with van der Waals surface area (Å²) in [5.41, 5.74) is 8.61. The fraction of sp³-hybridized carbons (Fsp3) is 0.286. The zero-order valence-corrected chi connectivity index (χ0v) is 10.7. The molecule has 0 atom stereocenters. The van der Waals surface area contributed by atoms with E-state index >= 15 is 0 Å². The summed E-state index contributed by atoms with van der Waals surface area (Å²) in [6, 6.07) is 6.07. The van der Waals surface area contributed by atoms with Crippen LogP contribution in [0, 0.1) is 0 Å². The molecule has 0 aliphatic rings. The average molecular weight is 243 g/mol. The van der Waals surface area contributed by atoms with E-state index in [1.54, 1.807) is 19.5 Å². The molecule has 4 nitrogen and oxygen atoms in total. The smallest absolute Gasteiger partial charge is 0.162 e. The summed E-state index contributed by atoms with van der Waals surface area (Å²) in [5.74, 6) is 1.45. The predicted molar refractivity (Wildman–Crippen MR) is 71.3 cm³/mol. The Morgan fingerprint density at radius 1 is 1.17 bits per heavy atom. The summed E-state index contributed by atoms with van der Waals surface area (Å²) in [5, 5.41) is 0. The molecular weight excluding hydrogens is 226 g/mol. The van der Waals surface area contributed by atoms with E-state index in [1.165, 1.54) is 5.56 Å². The van der Waals surface area contributed by atoms with Gasteiger partial charge in [0.2, 0.25) is 0 Å². The Morgan fingerprint density at radius 3 is 2.44 bits per heavy atom. The Balaban J connectivity index is 2.46. The molecule has 2 rings (SSSR count). The summed E-state index contributed by atoms with van der Waals surface area (Å²) >= 11 is 0. The Labute approximate surface area is 107 Å². The normalized spacial score (nSPS) is 10.4. The van der Waals surface area contributed by atoms with Crippen LogP contribution in [0.5, 0.6) is 5.75 Å². The van der Waals surface area contributed by atoms with Crippen molar-refractivity contribution >= 4 is 0 Å². The van der Waals surface area contributed by atoms with Gasteiger partial charge in [-0.25, -0.2) is 9.97 Å². The minimum Gasteiger partial charge on any atom is -0.496 e. The molecule has 0 amide bonds. The molecular formula is C14H17N3O. The van der Waals surface area contributed by atoms with Crippen molar-refractivity contribution < 1.29 is 4.74 Å². The number of methoxy groups -OCH3 is 1. The fourth-order valence-corrected chi connectivity index (χ4v) is 1.75. The van der Waals surface area contributed by atoms with Gasteiger partial charge >= 0.3 is 0 Å². The lowest BCUT2D eigenvalue weighted by Gasteiger charge is -2.09. The van der Waals surface area contributed by atoms with E-state index in [-0.39, 0.29) is 0 Å². The van der Waals surface area contributed by atoms with Crippen LogP contribution in [0.3, 0.4) is 0 Å². The second-order valence-corrected chi connectivity index (χ2v) is 4.01. The van der Waals surface area contributed by atoms with Gasteiger partial charge in [-0.15, -0.1) is 0 Å². The van der Waals surface area contributed by atoms with E-state index in [4.69, 9.17) is 10.5 Å². The lowest BCUT2D eigenvalue weighted by Crippen LogP contribution is -2.00. The number of hydrogen-bond donors (Lipinski definition) is 1. The molecule has 1 aromatic heterocycles. The van der Waals surface area contributed by atoms with Gasteiger partial charge in [-0.05, 0) is 24.1 Å². The molecule has 1 heterocycles. The number of nitrogens with zero attached hydrogens (tertiary/aromatic N) is 2. The number of benzene rings is 1. The molecule has 0 bridgehead atoms. The maximum atomic E-state index is 5.54. The zero-order valence-electron chi connectivity index (χ0n) is 10.7. The zero-order chi connectivity index (χ0) is 13.0. The van der Waals surface area contributed by atoms with E-state index < -0.39 is 0 Å². The third kappa shape index (κ3) is 2.49. The maximum absolute atomic E-state index is 5.54. The van der Waals surface area contributed by atoms with E-state index in [0.717, 1.165) is 23.3 Å². The van der Waals surface area contributed by atoms with Gasteiger partial charge in [-0.3, -0.25) is 0 Å². The van der Waals surface area contributed by atoms with Gasteiger partial charge in [0.25, 0.3) is 0 Å². The van der Waals surface area contributed by atoms with Crippen LogP contribution in [0.15, 0.2) is 30.6 Å². The quantitative estimate of drug-likeness (QED) is 0.894. The molecule has 0 aliphatic heterocycles. The molecule has 1 aromatic carbocycles. The van der Waals surface area contributed by atoms with E-state index in [1.807, 2.05) is 6.07 Å². The van der Waals surface area contributed by atoms with Crippen molar-refractivity contribution in [2.24, 2.45) is 5.73 Å². The monoisotopic (exact) mass is 243 g/mol. The molecule has 4 heteroatoms. The molecule has 2 N–H and O–H groups in total. The SMILES string of the molecule is CCc1ccc(OC)c(-c2ncc(CN)cn2)c1. The molecule has 0 spiro atoms. The minimum absolute atomic E-state index is 0.451. The van der Waals surface area contributed by atoms with Gasteiger partial charge in [0.05, 0.1) is 12.7 Å². The number of aromatic nitrogens is 2. The first kappa shape index (κ1) is 12.5. The standard InChI is InChI=1S/C14H17N3O/c1-3-10-4-5-13(18-2)12(6-10)14-16-8-11(7-15)9-17-14/h4-6,8-9H,3,7,15H2,1-2H3. The van der Waals surface area contributed by atoms with Crippen LogP contribution in [0.4, 0.5) is 0 Å². The first-order valence-electron chi connectivity index (χ1n) is 5.96. The molecule has 0 saturated carbocycles. The summed E-state index contributed by atoms with van der Waals surface area (Å²) in [4.78, 5) is 8.67. The molecule has 0 fully saturated rings. The third-order valence-electron chi connectivity index (χ3n) is 2.85. The van der Waals surface area contributed by atoms with E-state index in [2.05, 4.69) is 29.0 Å². The summed E-state index contributed by atoms with van der Waals surface area (Å²) in [6.07, 6.45) is 4.47. The fourth-order valence-electron chi connectivity index (χ4n) is 1.75. The van der Waals surface area contributed by atoms with E-state index in [9.17, 15) is 0 Å². The Morgan fingerprint density at radius 2 is 1.89 bits per heavy atom. The number of ether oxygens (including phenoxy) is 1. The molecule has 0 saturated heterocycles. The average Bonchev–Trinajstić information content (AvgIpc) is 2.46. The van der Waals surface area contributed by atoms with Crippen LogP contribution in [0.2, 0.25) is 0 Å². The van der Waals surface area contributed by atoms with Crippen LogP contribution in [0.25, 0.3) is 11.4 Å². The molecule has 2 aromatic rings. The summed E-state index contributed by atoms with van der Waals surface area (Å²) in [6.45, 7) is 2.57. The van der Waals surface area contributed by atoms with Gasteiger partial charge < -0.3 is 10.5 Å². The van der Waals surface area contributed by atoms with Crippen molar-refractivity contribution in [1.82, 2.24) is 9.97 Å². The highest BCUT2D eigenvalue weighted by Gasteiger charge is 2.09. The van der Waals surface area contributed by atoms with Crippen LogP contribution < -0.4 is 10.5 Å². The molecule has 0 aliphatic carbocycles. The third-order valence-corrected chi connectivity index (χ3v) is 2.85. The second-order valence-electron chi connectivity index (χ2n) is 4.01. The highest BCUT2D eigenvalue weighted by Crippen LogP contribution is 2.28. The van der Waals surface area contributed by atoms with Gasteiger partial charge in [0.1, 0.15) is 5.75 Å². The lowest BCUT2D eigenvalue weighted by atomic mass is 10.1. The van der Waals surface area contributed by atoms with Crippen molar-refractivity contribution in [3.63, 3.8) is 0 Å². The number of rotatable bonds is 4. The van der Waals surface area contributed by atoms with Crippen LogP contribution in [-0.2, 0) is 13.0 Å². The maximum Gasteiger partial charge on any atom is 0.162 e. The Bertz CT molecular complexity index is 523. The first-order valence-corrected chi connectivity index (χ1v) is 5.96. The van der Waals surface area contributed by atoms with Crippen molar-refractivity contribution in [2.45, 2.75) is 19.9 Å². The van der Waals surface area contributed by atoms with Crippen molar-refractivity contribution in [2.75, 3.05) is 7.11 Å². The Kier molecular flexibility index (Phi) is 3.89. The van der Waals surface area contributed by atoms with Crippen molar-refractivity contribution in [1.29, 1.82) is 0 Å². The van der Waals surface area contributed by atoms with Crippen LogP contribution >= 0.6 is 0 Å².